The number of hydrogen-bond donors (Lipinski definition) is 1. The lowest BCUT2D eigenvalue weighted by Crippen LogP contribution is -2.44. The van der Waals surface area contributed by atoms with Crippen LogP contribution in [-0.2, 0) is 4.79 Å². The van der Waals surface area contributed by atoms with Crippen LogP contribution in [0.1, 0.15) is 25.7 Å². The van der Waals surface area contributed by atoms with Crippen molar-refractivity contribution in [1.29, 1.82) is 0 Å². The summed E-state index contributed by atoms with van der Waals surface area (Å²) in [6.45, 7) is 4.00. The number of carbonyl (C=O) groups is 1. The Morgan fingerprint density at radius 2 is 1.82 bits per heavy atom. The van der Waals surface area contributed by atoms with Crippen LogP contribution in [0.2, 0.25) is 0 Å². The Bertz CT molecular complexity index is 465. The zero-order chi connectivity index (χ0) is 15.2. The van der Waals surface area contributed by atoms with E-state index in [0.717, 1.165) is 50.8 Å². The van der Waals surface area contributed by atoms with E-state index in [2.05, 4.69) is 5.32 Å². The first-order valence-corrected chi connectivity index (χ1v) is 8.47. The molecule has 0 bridgehead atoms. The van der Waals surface area contributed by atoms with Crippen LogP contribution in [-0.4, -0.2) is 43.6 Å². The van der Waals surface area contributed by atoms with Gasteiger partial charge < -0.3 is 15.0 Å². The van der Waals surface area contributed by atoms with E-state index in [1.807, 2.05) is 35.2 Å². The number of hydrogen-bond acceptors (Lipinski definition) is 3. The molecule has 0 unspecified atom stereocenters. The van der Waals surface area contributed by atoms with Gasteiger partial charge in [-0.2, -0.15) is 0 Å². The Labute approximate surface area is 132 Å². The fourth-order valence-corrected chi connectivity index (χ4v) is 2.90. The van der Waals surface area contributed by atoms with Gasteiger partial charge in [0.15, 0.2) is 0 Å². The van der Waals surface area contributed by atoms with Crippen LogP contribution >= 0.6 is 0 Å². The second kappa shape index (κ2) is 7.63. The number of rotatable bonds is 7. The Morgan fingerprint density at radius 3 is 2.50 bits per heavy atom. The lowest BCUT2D eigenvalue weighted by Gasteiger charge is -2.32. The molecule has 1 N–H and O–H groups in total. The molecular formula is C18H26N2O2. The van der Waals surface area contributed by atoms with Crippen LogP contribution in [0.15, 0.2) is 30.3 Å². The lowest BCUT2D eigenvalue weighted by molar-refractivity contribution is -0.131. The highest BCUT2D eigenvalue weighted by Gasteiger charge is 2.24. The van der Waals surface area contributed by atoms with E-state index in [1.54, 1.807) is 0 Å². The van der Waals surface area contributed by atoms with Crippen molar-refractivity contribution in [3.8, 4) is 5.75 Å². The van der Waals surface area contributed by atoms with Crippen LogP contribution in [0.4, 0.5) is 0 Å². The van der Waals surface area contributed by atoms with Crippen molar-refractivity contribution in [1.82, 2.24) is 10.2 Å². The third-order valence-corrected chi connectivity index (χ3v) is 4.60. The first-order valence-electron chi connectivity index (χ1n) is 8.47. The van der Waals surface area contributed by atoms with Crippen molar-refractivity contribution in [3.05, 3.63) is 30.3 Å². The highest BCUT2D eigenvalue weighted by atomic mass is 16.5. The van der Waals surface area contributed by atoms with Crippen molar-refractivity contribution in [2.75, 3.05) is 32.8 Å². The minimum atomic E-state index is 0.253. The summed E-state index contributed by atoms with van der Waals surface area (Å²) in [5, 5.41) is 3.29. The lowest BCUT2D eigenvalue weighted by atomic mass is 9.98. The largest absolute Gasteiger partial charge is 0.493 e. The average molecular weight is 302 g/mol. The number of para-hydroxylation sites is 1. The highest BCUT2D eigenvalue weighted by molar-refractivity contribution is 5.78. The quantitative estimate of drug-likeness (QED) is 0.840. The van der Waals surface area contributed by atoms with E-state index >= 15 is 0 Å². The topological polar surface area (TPSA) is 41.6 Å². The van der Waals surface area contributed by atoms with Crippen LogP contribution in [0.3, 0.4) is 0 Å². The molecule has 1 aromatic carbocycles. The van der Waals surface area contributed by atoms with Gasteiger partial charge in [0.05, 0.1) is 13.2 Å². The van der Waals surface area contributed by atoms with Crippen LogP contribution in [0.5, 0.6) is 5.75 Å². The second-order valence-electron chi connectivity index (χ2n) is 6.52. The fourth-order valence-electron chi connectivity index (χ4n) is 2.90. The number of nitrogens with one attached hydrogen (secondary N) is 1. The van der Waals surface area contributed by atoms with Gasteiger partial charge in [0, 0.05) is 13.1 Å². The first kappa shape index (κ1) is 15.3. The van der Waals surface area contributed by atoms with E-state index in [0.29, 0.717) is 12.5 Å². The van der Waals surface area contributed by atoms with Gasteiger partial charge >= 0.3 is 0 Å². The van der Waals surface area contributed by atoms with Crippen molar-refractivity contribution >= 4 is 5.91 Å². The maximum absolute atomic E-state index is 12.1. The third kappa shape index (κ3) is 4.73. The van der Waals surface area contributed by atoms with Gasteiger partial charge in [-0.3, -0.25) is 4.79 Å². The molecule has 2 aliphatic rings. The zero-order valence-corrected chi connectivity index (χ0v) is 13.2. The summed E-state index contributed by atoms with van der Waals surface area (Å²) in [6.07, 6.45) is 4.74. The van der Waals surface area contributed by atoms with Crippen LogP contribution in [0, 0.1) is 11.8 Å². The minimum absolute atomic E-state index is 0.253. The number of piperidine rings is 1. The summed E-state index contributed by atoms with van der Waals surface area (Å²) >= 11 is 0. The summed E-state index contributed by atoms with van der Waals surface area (Å²) in [7, 11) is 0. The molecule has 120 valence electrons. The Morgan fingerprint density at radius 1 is 1.09 bits per heavy atom. The maximum atomic E-state index is 12.1. The third-order valence-electron chi connectivity index (χ3n) is 4.60. The van der Waals surface area contributed by atoms with Gasteiger partial charge in [0.25, 0.3) is 0 Å². The predicted octanol–water partition coefficient (Wildman–Crippen LogP) is 2.30. The number of carbonyl (C=O) groups excluding carboxylic acids is 1. The molecule has 0 atom stereocenters. The molecule has 0 spiro atoms. The number of benzene rings is 1. The fraction of sp³-hybridized carbons (Fsp3) is 0.611. The van der Waals surface area contributed by atoms with Gasteiger partial charge in [0.2, 0.25) is 5.91 Å². The summed E-state index contributed by atoms with van der Waals surface area (Å²) in [5.74, 6) is 2.57. The molecule has 1 aromatic rings. The maximum Gasteiger partial charge on any atom is 0.236 e. The minimum Gasteiger partial charge on any atom is -0.493 e. The predicted molar refractivity (Wildman–Crippen MR) is 86.8 cm³/mol. The van der Waals surface area contributed by atoms with E-state index in [9.17, 15) is 4.79 Å². The number of ether oxygens (including phenoxy) is 1. The Kier molecular flexibility index (Phi) is 5.33. The summed E-state index contributed by atoms with van der Waals surface area (Å²) in [4.78, 5) is 14.1. The number of likely N-dealkylation sites (tertiary alicyclic amines) is 1. The molecule has 1 aliphatic heterocycles. The van der Waals surface area contributed by atoms with Gasteiger partial charge in [0.1, 0.15) is 5.75 Å². The van der Waals surface area contributed by atoms with Gasteiger partial charge in [-0.1, -0.05) is 18.2 Å². The standard InChI is InChI=1S/C18H26N2O2/c21-18(13-19-12-15-6-7-15)20-10-8-16(9-11-20)14-22-17-4-2-1-3-5-17/h1-5,15-16,19H,6-14H2. The molecule has 1 saturated heterocycles. The molecule has 0 radical (unpaired) electrons. The molecule has 4 nitrogen and oxygen atoms in total. The van der Waals surface area contributed by atoms with Crippen LogP contribution in [0.25, 0.3) is 0 Å². The average Bonchev–Trinajstić information content (AvgIpc) is 3.38. The molecule has 22 heavy (non-hydrogen) atoms. The second-order valence-corrected chi connectivity index (χ2v) is 6.52. The number of amides is 1. The van der Waals surface area contributed by atoms with Crippen molar-refractivity contribution in [2.24, 2.45) is 11.8 Å². The van der Waals surface area contributed by atoms with Crippen molar-refractivity contribution in [2.45, 2.75) is 25.7 Å². The van der Waals surface area contributed by atoms with Crippen LogP contribution < -0.4 is 10.1 Å². The van der Waals surface area contributed by atoms with Crippen molar-refractivity contribution in [3.63, 3.8) is 0 Å². The van der Waals surface area contributed by atoms with Crippen molar-refractivity contribution < 1.29 is 9.53 Å². The summed E-state index contributed by atoms with van der Waals surface area (Å²) < 4.78 is 5.82. The molecule has 4 heteroatoms. The van der Waals surface area contributed by atoms with E-state index < -0.39 is 0 Å². The molecule has 1 amide bonds. The molecular weight excluding hydrogens is 276 g/mol. The van der Waals surface area contributed by atoms with E-state index in [4.69, 9.17) is 4.74 Å². The zero-order valence-electron chi connectivity index (χ0n) is 13.2. The van der Waals surface area contributed by atoms with Gasteiger partial charge in [-0.25, -0.2) is 0 Å². The van der Waals surface area contributed by atoms with E-state index in [-0.39, 0.29) is 5.91 Å². The monoisotopic (exact) mass is 302 g/mol. The molecule has 1 heterocycles. The van der Waals surface area contributed by atoms with E-state index in [1.165, 1.54) is 12.8 Å². The Hall–Kier alpha value is -1.55. The summed E-state index contributed by atoms with van der Waals surface area (Å²) in [5.41, 5.74) is 0. The highest BCUT2D eigenvalue weighted by Crippen LogP contribution is 2.27. The SMILES string of the molecule is O=C(CNCC1CC1)N1CCC(COc2ccccc2)CC1. The normalized spacial score (nSPS) is 19.2. The number of nitrogens with zero attached hydrogens (tertiary/aromatic N) is 1. The first-order chi connectivity index (χ1) is 10.8. The molecule has 3 rings (SSSR count). The Balaban J connectivity index is 1.32. The smallest absolute Gasteiger partial charge is 0.236 e. The molecule has 1 saturated carbocycles. The molecule has 1 aliphatic carbocycles. The van der Waals surface area contributed by atoms with Gasteiger partial charge in [-0.15, -0.1) is 0 Å². The molecule has 2 fully saturated rings. The summed E-state index contributed by atoms with van der Waals surface area (Å²) in [6, 6.07) is 9.96. The van der Waals surface area contributed by atoms with Gasteiger partial charge in [-0.05, 0) is 56.2 Å². The molecule has 0 aromatic heterocycles.